The van der Waals surface area contributed by atoms with Gasteiger partial charge in [-0.25, -0.2) is 4.79 Å². The molecule has 0 spiro atoms. The van der Waals surface area contributed by atoms with Gasteiger partial charge in [0.1, 0.15) is 0 Å². The maximum Gasteiger partial charge on any atom is 0.336 e. The van der Waals surface area contributed by atoms with Crippen molar-refractivity contribution in [2.75, 3.05) is 6.61 Å². The van der Waals surface area contributed by atoms with Crippen molar-refractivity contribution in [1.82, 2.24) is 0 Å². The molecule has 0 heterocycles. The topological polar surface area (TPSA) is 173 Å². The van der Waals surface area contributed by atoms with Crippen LogP contribution in [0.3, 0.4) is 0 Å². The van der Waals surface area contributed by atoms with Crippen molar-refractivity contribution in [3.05, 3.63) is 0 Å². The summed E-state index contributed by atoms with van der Waals surface area (Å²) in [5.74, 6) is -4.63. The van der Waals surface area contributed by atoms with Gasteiger partial charge in [0.15, 0.2) is 5.60 Å². The molecule has 0 aliphatic heterocycles. The first-order valence-corrected chi connectivity index (χ1v) is 7.16. The Morgan fingerprint density at radius 1 is 1.00 bits per heavy atom. The highest BCUT2D eigenvalue weighted by molar-refractivity contribution is 5.88. The third kappa shape index (κ3) is 12.5. The molecule has 0 radical (unpaired) electrons. The highest BCUT2D eigenvalue weighted by Crippen LogP contribution is 2.15. The number of hydrogen-bond acceptors (Lipinski definition) is 6. The summed E-state index contributed by atoms with van der Waals surface area (Å²) in [5.41, 5.74) is -2.74. The Kier molecular flexibility index (Phi) is 12.1. The van der Waals surface area contributed by atoms with E-state index in [0.29, 0.717) is 5.92 Å². The van der Waals surface area contributed by atoms with Crippen molar-refractivity contribution in [1.29, 1.82) is 0 Å². The Morgan fingerprint density at radius 3 is 1.65 bits per heavy atom. The van der Waals surface area contributed by atoms with Crippen LogP contribution in [0.25, 0.3) is 0 Å². The number of carboxylic acids is 3. The van der Waals surface area contributed by atoms with E-state index in [9.17, 15) is 14.4 Å². The molecule has 0 aromatic rings. The van der Waals surface area contributed by atoms with Crippen molar-refractivity contribution in [2.45, 2.75) is 57.7 Å². The number of rotatable bonds is 10. The van der Waals surface area contributed by atoms with Crippen molar-refractivity contribution < 1.29 is 45.0 Å². The van der Waals surface area contributed by atoms with E-state index in [2.05, 4.69) is 6.92 Å². The molecule has 0 bridgehead atoms. The number of aliphatic carboxylic acids is 3. The first-order valence-electron chi connectivity index (χ1n) is 7.16. The van der Waals surface area contributed by atoms with E-state index in [1.54, 1.807) is 6.92 Å². The van der Waals surface area contributed by atoms with Crippen LogP contribution in [0.15, 0.2) is 0 Å². The molecule has 2 atom stereocenters. The second-order valence-electron chi connectivity index (χ2n) is 5.36. The fraction of sp³-hybridized carbons (Fsp3) is 0.786. The molecular formula is C14H26O9. The zero-order valence-corrected chi connectivity index (χ0v) is 13.3. The highest BCUT2D eigenvalue weighted by atomic mass is 16.4. The molecule has 0 saturated carbocycles. The van der Waals surface area contributed by atoms with Gasteiger partial charge in [-0.3, -0.25) is 9.59 Å². The van der Waals surface area contributed by atoms with Crippen LogP contribution in [0.1, 0.15) is 46.0 Å². The van der Waals surface area contributed by atoms with E-state index in [1.807, 2.05) is 0 Å². The summed E-state index contributed by atoms with van der Waals surface area (Å²) in [7, 11) is 0. The lowest BCUT2D eigenvalue weighted by atomic mass is 9.96. The van der Waals surface area contributed by atoms with Crippen LogP contribution in [0.4, 0.5) is 0 Å². The fourth-order valence-corrected chi connectivity index (χ4v) is 1.62. The first kappa shape index (κ1) is 23.6. The van der Waals surface area contributed by atoms with E-state index in [1.165, 1.54) is 0 Å². The van der Waals surface area contributed by atoms with Crippen molar-refractivity contribution in [3.8, 4) is 0 Å². The molecule has 0 aromatic carbocycles. The van der Waals surface area contributed by atoms with Gasteiger partial charge in [-0.15, -0.1) is 0 Å². The minimum Gasteiger partial charge on any atom is -0.481 e. The van der Waals surface area contributed by atoms with E-state index >= 15 is 0 Å². The standard InChI is InChI=1S/C8H18O2.C6H8O7/c1-3-8(6-9)5-4-7(2)10;7-3(8)1-6(13,5(11)12)2-4(9)10/h7-10H,3-6H2,1-2H3;13H,1-2H2,(H,7,8)(H,9,10)(H,11,12). The number of carbonyl (C=O) groups is 3. The van der Waals surface area contributed by atoms with Crippen LogP contribution in [-0.2, 0) is 14.4 Å². The van der Waals surface area contributed by atoms with Gasteiger partial charge in [-0.1, -0.05) is 13.3 Å². The molecule has 9 heteroatoms. The predicted molar refractivity (Wildman–Crippen MR) is 78.9 cm³/mol. The van der Waals surface area contributed by atoms with Gasteiger partial charge in [0.05, 0.1) is 18.9 Å². The van der Waals surface area contributed by atoms with Crippen molar-refractivity contribution in [2.24, 2.45) is 5.92 Å². The predicted octanol–water partition coefficient (Wildman–Crippen LogP) is -0.0826. The van der Waals surface area contributed by atoms with Crippen LogP contribution in [-0.4, -0.2) is 66.9 Å². The van der Waals surface area contributed by atoms with Gasteiger partial charge >= 0.3 is 17.9 Å². The fourth-order valence-electron chi connectivity index (χ4n) is 1.62. The minimum absolute atomic E-state index is 0.222. The Labute approximate surface area is 134 Å². The SMILES string of the molecule is CCC(CO)CCC(C)O.O=C(O)CC(O)(CC(=O)O)C(=O)O. The number of aliphatic hydroxyl groups excluding tert-OH is 2. The summed E-state index contributed by atoms with van der Waals surface area (Å²) in [5, 5.41) is 51.5. The number of aliphatic hydroxyl groups is 3. The smallest absolute Gasteiger partial charge is 0.336 e. The summed E-state index contributed by atoms with van der Waals surface area (Å²) in [6, 6.07) is 0. The first-order chi connectivity index (χ1) is 10.5. The quantitative estimate of drug-likeness (QED) is 0.318. The largest absolute Gasteiger partial charge is 0.481 e. The third-order valence-electron chi connectivity index (χ3n) is 3.11. The molecule has 0 aliphatic carbocycles. The highest BCUT2D eigenvalue weighted by Gasteiger charge is 2.40. The van der Waals surface area contributed by atoms with Crippen LogP contribution in [0, 0.1) is 5.92 Å². The van der Waals surface area contributed by atoms with Gasteiger partial charge < -0.3 is 30.6 Å². The molecule has 0 saturated heterocycles. The summed E-state index contributed by atoms with van der Waals surface area (Å²) in [6.07, 6.45) is 0.233. The average Bonchev–Trinajstić information content (AvgIpc) is 2.38. The van der Waals surface area contributed by atoms with Crippen LogP contribution >= 0.6 is 0 Å². The summed E-state index contributed by atoms with van der Waals surface area (Å²) < 4.78 is 0. The minimum atomic E-state index is -2.74. The molecule has 2 unspecified atom stereocenters. The lowest BCUT2D eigenvalue weighted by Gasteiger charge is -2.18. The van der Waals surface area contributed by atoms with Gasteiger partial charge in [-0.05, 0) is 25.7 Å². The molecule has 23 heavy (non-hydrogen) atoms. The van der Waals surface area contributed by atoms with E-state index < -0.39 is 36.4 Å². The monoisotopic (exact) mass is 338 g/mol. The van der Waals surface area contributed by atoms with E-state index in [4.69, 9.17) is 30.6 Å². The molecule has 6 N–H and O–H groups in total. The summed E-state index contributed by atoms with van der Waals surface area (Å²) in [4.78, 5) is 30.5. The molecule has 0 fully saturated rings. The summed E-state index contributed by atoms with van der Waals surface area (Å²) >= 11 is 0. The molecule has 0 aliphatic rings. The van der Waals surface area contributed by atoms with Crippen LogP contribution in [0.5, 0.6) is 0 Å². The van der Waals surface area contributed by atoms with E-state index in [-0.39, 0.29) is 12.7 Å². The van der Waals surface area contributed by atoms with Gasteiger partial charge in [0.2, 0.25) is 0 Å². The number of carboxylic acid groups (broad SMARTS) is 3. The molecular weight excluding hydrogens is 312 g/mol. The molecule has 0 rings (SSSR count). The van der Waals surface area contributed by atoms with Crippen LogP contribution < -0.4 is 0 Å². The number of hydrogen-bond donors (Lipinski definition) is 6. The summed E-state index contributed by atoms with van der Waals surface area (Å²) in [6.45, 7) is 4.09. The lowest BCUT2D eigenvalue weighted by molar-refractivity contribution is -0.170. The Morgan fingerprint density at radius 2 is 1.43 bits per heavy atom. The maximum absolute atomic E-state index is 10.3. The van der Waals surface area contributed by atoms with Gasteiger partial charge in [0.25, 0.3) is 0 Å². The Bertz CT molecular complexity index is 358. The average molecular weight is 338 g/mol. The molecule has 9 nitrogen and oxygen atoms in total. The van der Waals surface area contributed by atoms with Crippen LogP contribution in [0.2, 0.25) is 0 Å². The maximum atomic E-state index is 10.3. The third-order valence-corrected chi connectivity index (χ3v) is 3.11. The second-order valence-corrected chi connectivity index (χ2v) is 5.36. The molecule has 0 aromatic heterocycles. The lowest BCUT2D eigenvalue weighted by Crippen LogP contribution is -2.42. The van der Waals surface area contributed by atoms with Gasteiger partial charge in [-0.2, -0.15) is 0 Å². The molecule has 0 amide bonds. The van der Waals surface area contributed by atoms with Gasteiger partial charge in [0, 0.05) is 6.61 Å². The van der Waals surface area contributed by atoms with E-state index in [0.717, 1.165) is 19.3 Å². The Balaban J connectivity index is 0. The normalized spacial score (nSPS) is 13.4. The second kappa shape index (κ2) is 11.8. The van der Waals surface area contributed by atoms with Crippen molar-refractivity contribution in [3.63, 3.8) is 0 Å². The Hall–Kier alpha value is -1.71. The molecule has 136 valence electrons. The zero-order chi connectivity index (χ0) is 18.6. The zero-order valence-electron chi connectivity index (χ0n) is 13.3. The van der Waals surface area contributed by atoms with Crippen molar-refractivity contribution >= 4 is 17.9 Å².